The Bertz CT molecular complexity index is 521. The van der Waals surface area contributed by atoms with E-state index in [1.165, 1.54) is 12.0 Å². The first kappa shape index (κ1) is 15.1. The zero-order valence-electron chi connectivity index (χ0n) is 12.8. The third-order valence-electron chi connectivity index (χ3n) is 3.89. The molecule has 2 heterocycles. The van der Waals surface area contributed by atoms with E-state index in [0.29, 0.717) is 12.7 Å². The summed E-state index contributed by atoms with van der Waals surface area (Å²) in [6.07, 6.45) is 6.20. The predicted molar refractivity (Wildman–Crippen MR) is 84.9 cm³/mol. The monoisotopic (exact) mass is 301 g/mol. The fourth-order valence-corrected chi connectivity index (χ4v) is 2.76. The summed E-state index contributed by atoms with van der Waals surface area (Å²) in [5, 5.41) is 0. The zero-order valence-corrected chi connectivity index (χ0v) is 12.8. The van der Waals surface area contributed by atoms with E-state index in [4.69, 9.17) is 13.9 Å². The van der Waals surface area contributed by atoms with Crippen LogP contribution >= 0.6 is 0 Å². The summed E-state index contributed by atoms with van der Waals surface area (Å²) in [7, 11) is 0. The smallest absolute Gasteiger partial charge is 0.119 e. The number of hydrogen-bond acceptors (Lipinski definition) is 4. The maximum absolute atomic E-state index is 5.81. The number of ether oxygens (including phenoxy) is 2. The molecule has 1 aliphatic heterocycles. The van der Waals surface area contributed by atoms with E-state index in [2.05, 4.69) is 4.90 Å². The summed E-state index contributed by atoms with van der Waals surface area (Å²) in [4.78, 5) is 2.38. The fraction of sp³-hybridized carbons (Fsp3) is 0.444. The van der Waals surface area contributed by atoms with Crippen LogP contribution in [0.4, 0.5) is 0 Å². The summed E-state index contributed by atoms with van der Waals surface area (Å²) in [6.45, 7) is 4.26. The first-order chi connectivity index (χ1) is 10.9. The molecule has 22 heavy (non-hydrogen) atoms. The van der Waals surface area contributed by atoms with Crippen molar-refractivity contribution in [3.63, 3.8) is 0 Å². The SMILES string of the molecule is c1ccc(OCCN(Cc2ccoc2)CC2CCCO2)cc1. The van der Waals surface area contributed by atoms with Gasteiger partial charge in [0, 0.05) is 31.8 Å². The van der Waals surface area contributed by atoms with Gasteiger partial charge in [0.15, 0.2) is 0 Å². The standard InChI is InChI=1S/C18H23NO3/c1-2-5-17(6-3-1)22-12-9-19(13-16-8-11-20-15-16)14-18-7-4-10-21-18/h1-3,5-6,8,11,15,18H,4,7,9-10,12-14H2. The van der Waals surface area contributed by atoms with Gasteiger partial charge in [0.1, 0.15) is 12.4 Å². The first-order valence-corrected chi connectivity index (χ1v) is 7.93. The van der Waals surface area contributed by atoms with E-state index >= 15 is 0 Å². The Balaban J connectivity index is 1.50. The van der Waals surface area contributed by atoms with Crippen molar-refractivity contribution in [1.29, 1.82) is 0 Å². The van der Waals surface area contributed by atoms with Crippen molar-refractivity contribution >= 4 is 0 Å². The molecule has 2 aromatic rings. The number of hydrogen-bond donors (Lipinski definition) is 0. The zero-order chi connectivity index (χ0) is 15.0. The molecule has 1 aliphatic rings. The van der Waals surface area contributed by atoms with Crippen molar-refractivity contribution in [2.24, 2.45) is 0 Å². The Labute approximate surface area is 131 Å². The van der Waals surface area contributed by atoms with Crippen molar-refractivity contribution < 1.29 is 13.9 Å². The van der Waals surface area contributed by atoms with Crippen molar-refractivity contribution in [1.82, 2.24) is 4.90 Å². The van der Waals surface area contributed by atoms with Gasteiger partial charge in [-0.05, 0) is 31.0 Å². The number of para-hydroxylation sites is 1. The van der Waals surface area contributed by atoms with Gasteiger partial charge in [-0.3, -0.25) is 4.90 Å². The second-order valence-corrected chi connectivity index (χ2v) is 5.66. The van der Waals surface area contributed by atoms with Crippen LogP contribution in [-0.2, 0) is 11.3 Å². The summed E-state index contributed by atoms with van der Waals surface area (Å²) >= 11 is 0. The van der Waals surface area contributed by atoms with Crippen LogP contribution in [0, 0.1) is 0 Å². The van der Waals surface area contributed by atoms with E-state index in [-0.39, 0.29) is 0 Å². The molecule has 1 aromatic heterocycles. The Morgan fingerprint density at radius 2 is 2.09 bits per heavy atom. The third-order valence-corrected chi connectivity index (χ3v) is 3.89. The van der Waals surface area contributed by atoms with Crippen molar-refractivity contribution in [2.45, 2.75) is 25.5 Å². The number of nitrogens with zero attached hydrogens (tertiary/aromatic N) is 1. The molecule has 1 atom stereocenters. The molecule has 0 aliphatic carbocycles. The van der Waals surface area contributed by atoms with Crippen LogP contribution in [0.5, 0.6) is 5.75 Å². The molecule has 0 N–H and O–H groups in total. The van der Waals surface area contributed by atoms with Crippen LogP contribution in [0.3, 0.4) is 0 Å². The minimum Gasteiger partial charge on any atom is -0.492 e. The molecule has 1 fully saturated rings. The van der Waals surface area contributed by atoms with Crippen molar-refractivity contribution in [3.8, 4) is 5.75 Å². The Kier molecular flexibility index (Phi) is 5.51. The highest BCUT2D eigenvalue weighted by Crippen LogP contribution is 2.15. The van der Waals surface area contributed by atoms with Gasteiger partial charge >= 0.3 is 0 Å². The number of benzene rings is 1. The molecule has 0 radical (unpaired) electrons. The van der Waals surface area contributed by atoms with Crippen molar-refractivity contribution in [3.05, 3.63) is 54.5 Å². The lowest BCUT2D eigenvalue weighted by Crippen LogP contribution is -2.34. The molecule has 3 rings (SSSR count). The van der Waals surface area contributed by atoms with Gasteiger partial charge in [-0.15, -0.1) is 0 Å². The number of rotatable bonds is 8. The number of furan rings is 1. The molecule has 118 valence electrons. The normalized spacial score (nSPS) is 18.0. The average Bonchev–Trinajstić information content (AvgIpc) is 3.22. The maximum Gasteiger partial charge on any atom is 0.119 e. The van der Waals surface area contributed by atoms with Crippen LogP contribution in [0.1, 0.15) is 18.4 Å². The molecule has 1 saturated heterocycles. The Hall–Kier alpha value is -1.78. The average molecular weight is 301 g/mol. The van der Waals surface area contributed by atoms with E-state index in [0.717, 1.165) is 38.4 Å². The van der Waals surface area contributed by atoms with Gasteiger partial charge in [-0.25, -0.2) is 0 Å². The lowest BCUT2D eigenvalue weighted by atomic mass is 10.2. The minimum absolute atomic E-state index is 0.351. The van der Waals surface area contributed by atoms with E-state index in [9.17, 15) is 0 Å². The predicted octanol–water partition coefficient (Wildman–Crippen LogP) is 3.34. The highest BCUT2D eigenvalue weighted by atomic mass is 16.5. The van der Waals surface area contributed by atoms with Crippen LogP contribution in [0.15, 0.2) is 53.3 Å². The van der Waals surface area contributed by atoms with Gasteiger partial charge in [-0.1, -0.05) is 18.2 Å². The van der Waals surface area contributed by atoms with Gasteiger partial charge in [-0.2, -0.15) is 0 Å². The molecule has 0 bridgehead atoms. The van der Waals surface area contributed by atoms with Gasteiger partial charge in [0.25, 0.3) is 0 Å². The summed E-state index contributed by atoms with van der Waals surface area (Å²) < 4.78 is 16.7. The fourth-order valence-electron chi connectivity index (χ4n) is 2.76. The lowest BCUT2D eigenvalue weighted by molar-refractivity contribution is 0.0653. The first-order valence-electron chi connectivity index (χ1n) is 7.93. The van der Waals surface area contributed by atoms with E-state index in [1.807, 2.05) is 36.4 Å². The molecular formula is C18H23NO3. The van der Waals surface area contributed by atoms with Crippen LogP contribution in [0.2, 0.25) is 0 Å². The van der Waals surface area contributed by atoms with Gasteiger partial charge in [0.2, 0.25) is 0 Å². The molecule has 1 aromatic carbocycles. The quantitative estimate of drug-likeness (QED) is 0.749. The van der Waals surface area contributed by atoms with Crippen LogP contribution in [-0.4, -0.2) is 37.3 Å². The molecule has 0 saturated carbocycles. The van der Waals surface area contributed by atoms with E-state index < -0.39 is 0 Å². The Morgan fingerprint density at radius 3 is 2.82 bits per heavy atom. The second-order valence-electron chi connectivity index (χ2n) is 5.66. The summed E-state index contributed by atoms with van der Waals surface area (Å²) in [5.41, 5.74) is 1.19. The van der Waals surface area contributed by atoms with Crippen LogP contribution < -0.4 is 4.74 Å². The minimum atomic E-state index is 0.351. The summed E-state index contributed by atoms with van der Waals surface area (Å²) in [6, 6.07) is 12.0. The lowest BCUT2D eigenvalue weighted by Gasteiger charge is -2.24. The summed E-state index contributed by atoms with van der Waals surface area (Å²) in [5.74, 6) is 0.919. The molecule has 4 heteroatoms. The molecule has 0 amide bonds. The largest absolute Gasteiger partial charge is 0.492 e. The topological polar surface area (TPSA) is 34.8 Å². The maximum atomic E-state index is 5.81. The van der Waals surface area contributed by atoms with Crippen LogP contribution in [0.25, 0.3) is 0 Å². The Morgan fingerprint density at radius 1 is 1.18 bits per heavy atom. The second kappa shape index (κ2) is 8.01. The van der Waals surface area contributed by atoms with E-state index in [1.54, 1.807) is 12.5 Å². The highest BCUT2D eigenvalue weighted by Gasteiger charge is 2.19. The molecule has 4 nitrogen and oxygen atoms in total. The molecule has 1 unspecified atom stereocenters. The highest BCUT2D eigenvalue weighted by molar-refractivity contribution is 5.20. The van der Waals surface area contributed by atoms with Gasteiger partial charge in [0.05, 0.1) is 18.6 Å². The van der Waals surface area contributed by atoms with Gasteiger partial charge < -0.3 is 13.9 Å². The molecule has 0 spiro atoms. The third kappa shape index (κ3) is 4.61. The molecular weight excluding hydrogens is 278 g/mol. The van der Waals surface area contributed by atoms with Crippen molar-refractivity contribution in [2.75, 3.05) is 26.3 Å².